The number of aromatic amines is 1. The maximum atomic E-state index is 12.3. The standard InChI is InChI=1S/C20H27N3O4/c1-5-17(24)27-13-6-7-16(12(2)10-13)23(3)18-14-8-9-21-19(14)22-11-15(18)20(25)26-4/h8-9,11-13,16H,5-7,10H2,1-4H3,(H,21,22). The van der Waals surface area contributed by atoms with Gasteiger partial charge in [-0.05, 0) is 31.2 Å². The number of aromatic nitrogens is 2. The minimum absolute atomic E-state index is 0.0260. The van der Waals surface area contributed by atoms with Crippen LogP contribution in [0, 0.1) is 5.92 Å². The van der Waals surface area contributed by atoms with Crippen molar-refractivity contribution in [2.24, 2.45) is 5.92 Å². The Balaban J connectivity index is 1.87. The van der Waals surface area contributed by atoms with Crippen molar-refractivity contribution in [1.82, 2.24) is 9.97 Å². The highest BCUT2D eigenvalue weighted by atomic mass is 16.5. The van der Waals surface area contributed by atoms with E-state index in [4.69, 9.17) is 9.47 Å². The number of rotatable bonds is 5. The van der Waals surface area contributed by atoms with E-state index in [1.165, 1.54) is 7.11 Å². The van der Waals surface area contributed by atoms with Crippen LogP contribution in [0.3, 0.4) is 0 Å². The minimum atomic E-state index is -0.398. The number of pyridine rings is 1. The van der Waals surface area contributed by atoms with Crippen LogP contribution in [0.1, 0.15) is 49.9 Å². The summed E-state index contributed by atoms with van der Waals surface area (Å²) in [5.74, 6) is -0.230. The first kappa shape index (κ1) is 19.2. The largest absolute Gasteiger partial charge is 0.465 e. The summed E-state index contributed by atoms with van der Waals surface area (Å²) < 4.78 is 10.5. The predicted molar refractivity (Wildman–Crippen MR) is 103 cm³/mol. The highest BCUT2D eigenvalue weighted by Gasteiger charge is 2.34. The van der Waals surface area contributed by atoms with E-state index in [1.54, 1.807) is 6.20 Å². The lowest BCUT2D eigenvalue weighted by atomic mass is 9.82. The highest BCUT2D eigenvalue weighted by molar-refractivity contribution is 6.04. The van der Waals surface area contributed by atoms with Crippen LogP contribution in [0.4, 0.5) is 5.69 Å². The second-order valence-corrected chi connectivity index (χ2v) is 7.19. The van der Waals surface area contributed by atoms with Crippen LogP contribution in [-0.4, -0.2) is 48.2 Å². The number of hydrogen-bond acceptors (Lipinski definition) is 6. The Kier molecular flexibility index (Phi) is 5.68. The van der Waals surface area contributed by atoms with Crippen LogP contribution < -0.4 is 4.90 Å². The summed E-state index contributed by atoms with van der Waals surface area (Å²) in [6.07, 6.45) is 6.28. The lowest BCUT2D eigenvalue weighted by molar-refractivity contribution is -0.151. The number of hydrogen-bond donors (Lipinski definition) is 1. The fraction of sp³-hybridized carbons (Fsp3) is 0.550. The van der Waals surface area contributed by atoms with Crippen molar-refractivity contribution in [3.8, 4) is 0 Å². The molecule has 1 fully saturated rings. The molecule has 0 aliphatic heterocycles. The summed E-state index contributed by atoms with van der Waals surface area (Å²) in [4.78, 5) is 33.5. The van der Waals surface area contributed by atoms with Crippen LogP contribution in [0.25, 0.3) is 11.0 Å². The molecule has 3 atom stereocenters. The molecule has 0 spiro atoms. The zero-order valence-corrected chi connectivity index (χ0v) is 16.3. The van der Waals surface area contributed by atoms with Gasteiger partial charge in [-0.3, -0.25) is 4.79 Å². The second-order valence-electron chi connectivity index (χ2n) is 7.19. The molecule has 27 heavy (non-hydrogen) atoms. The van der Waals surface area contributed by atoms with Gasteiger partial charge in [0.05, 0.1) is 12.8 Å². The van der Waals surface area contributed by atoms with Crippen LogP contribution >= 0.6 is 0 Å². The summed E-state index contributed by atoms with van der Waals surface area (Å²) in [6, 6.07) is 2.16. The molecule has 2 aromatic rings. The van der Waals surface area contributed by atoms with Gasteiger partial charge in [0.25, 0.3) is 0 Å². The summed E-state index contributed by atoms with van der Waals surface area (Å²) in [7, 11) is 3.39. The molecule has 3 unspecified atom stereocenters. The van der Waals surface area contributed by atoms with Gasteiger partial charge in [-0.1, -0.05) is 13.8 Å². The number of esters is 2. The number of methoxy groups -OCH3 is 1. The third kappa shape index (κ3) is 3.77. The summed E-state index contributed by atoms with van der Waals surface area (Å²) >= 11 is 0. The number of ether oxygens (including phenoxy) is 2. The average Bonchev–Trinajstić information content (AvgIpc) is 3.14. The number of H-pyrrole nitrogens is 1. The SMILES string of the molecule is CCC(=O)OC1CCC(N(C)c2c(C(=O)OC)cnc3[nH]ccc23)C(C)C1. The van der Waals surface area contributed by atoms with E-state index in [-0.39, 0.29) is 18.1 Å². The summed E-state index contributed by atoms with van der Waals surface area (Å²) in [5, 5.41) is 0.895. The second kappa shape index (κ2) is 7.98. The van der Waals surface area contributed by atoms with Crippen LogP contribution in [0.15, 0.2) is 18.5 Å². The summed E-state index contributed by atoms with van der Waals surface area (Å²) in [5.41, 5.74) is 2.02. The van der Waals surface area contributed by atoms with Crippen LogP contribution in [0.5, 0.6) is 0 Å². The summed E-state index contributed by atoms with van der Waals surface area (Å²) in [6.45, 7) is 3.98. The van der Waals surface area contributed by atoms with Crippen molar-refractivity contribution in [3.05, 3.63) is 24.0 Å². The lowest BCUT2D eigenvalue weighted by Crippen LogP contribution is -2.43. The number of carbonyl (C=O) groups excluding carboxylic acids is 2. The molecule has 1 aliphatic carbocycles. The van der Waals surface area contributed by atoms with Crippen molar-refractivity contribution in [3.63, 3.8) is 0 Å². The van der Waals surface area contributed by atoms with E-state index >= 15 is 0 Å². The Bertz CT molecular complexity index is 832. The molecule has 1 saturated carbocycles. The minimum Gasteiger partial charge on any atom is -0.465 e. The third-order valence-corrected chi connectivity index (χ3v) is 5.48. The van der Waals surface area contributed by atoms with Gasteiger partial charge >= 0.3 is 11.9 Å². The highest BCUT2D eigenvalue weighted by Crippen LogP contribution is 2.36. The van der Waals surface area contributed by atoms with E-state index < -0.39 is 5.97 Å². The molecule has 0 amide bonds. The Morgan fingerprint density at radius 3 is 2.81 bits per heavy atom. The maximum Gasteiger partial charge on any atom is 0.341 e. The molecule has 3 rings (SSSR count). The third-order valence-electron chi connectivity index (χ3n) is 5.48. The maximum absolute atomic E-state index is 12.3. The molecular weight excluding hydrogens is 346 g/mol. The number of nitrogens with zero attached hydrogens (tertiary/aromatic N) is 2. The average molecular weight is 373 g/mol. The van der Waals surface area contributed by atoms with Crippen LogP contribution in [-0.2, 0) is 14.3 Å². The van der Waals surface area contributed by atoms with Gasteiger partial charge in [0.1, 0.15) is 17.3 Å². The van der Waals surface area contributed by atoms with Crippen molar-refractivity contribution >= 4 is 28.7 Å². The molecule has 1 N–H and O–H groups in total. The molecule has 7 heteroatoms. The predicted octanol–water partition coefficient (Wildman–Crippen LogP) is 3.30. The quantitative estimate of drug-likeness (QED) is 0.810. The fourth-order valence-corrected chi connectivity index (χ4v) is 4.08. The zero-order chi connectivity index (χ0) is 19.6. The molecule has 0 aromatic carbocycles. The Labute approximate surface area is 159 Å². The molecule has 0 radical (unpaired) electrons. The number of nitrogens with one attached hydrogen (secondary N) is 1. The van der Waals surface area contributed by atoms with Crippen molar-refractivity contribution in [2.75, 3.05) is 19.1 Å². The Morgan fingerprint density at radius 2 is 2.15 bits per heavy atom. The Morgan fingerprint density at radius 1 is 1.37 bits per heavy atom. The van der Waals surface area contributed by atoms with Gasteiger partial charge in [-0.15, -0.1) is 0 Å². The van der Waals surface area contributed by atoms with Gasteiger partial charge in [-0.25, -0.2) is 9.78 Å². The van der Waals surface area contributed by atoms with Crippen molar-refractivity contribution in [1.29, 1.82) is 0 Å². The van der Waals surface area contributed by atoms with Gasteiger partial charge < -0.3 is 19.4 Å². The molecule has 146 valence electrons. The molecular formula is C20H27N3O4. The van der Waals surface area contributed by atoms with Gasteiger partial charge in [-0.2, -0.15) is 0 Å². The first-order chi connectivity index (χ1) is 13.0. The number of fused-ring (bicyclic) bond motifs is 1. The van der Waals surface area contributed by atoms with Crippen molar-refractivity contribution in [2.45, 2.75) is 51.7 Å². The van der Waals surface area contributed by atoms with E-state index in [0.29, 0.717) is 17.9 Å². The molecule has 7 nitrogen and oxygen atoms in total. The monoisotopic (exact) mass is 373 g/mol. The fourth-order valence-electron chi connectivity index (χ4n) is 4.08. The van der Waals surface area contributed by atoms with E-state index in [1.807, 2.05) is 26.2 Å². The first-order valence-electron chi connectivity index (χ1n) is 9.42. The Hall–Kier alpha value is -2.57. The van der Waals surface area contributed by atoms with E-state index in [0.717, 1.165) is 36.0 Å². The molecule has 0 saturated heterocycles. The number of carbonyl (C=O) groups is 2. The first-order valence-corrected chi connectivity index (χ1v) is 9.42. The van der Waals surface area contributed by atoms with Gasteiger partial charge in [0.15, 0.2) is 0 Å². The normalized spacial score (nSPS) is 22.4. The topological polar surface area (TPSA) is 84.5 Å². The molecule has 0 bridgehead atoms. The molecule has 2 heterocycles. The van der Waals surface area contributed by atoms with Gasteiger partial charge in [0, 0.05) is 37.3 Å². The molecule has 1 aliphatic rings. The van der Waals surface area contributed by atoms with E-state index in [9.17, 15) is 9.59 Å². The zero-order valence-electron chi connectivity index (χ0n) is 16.3. The number of anilines is 1. The van der Waals surface area contributed by atoms with Crippen LogP contribution in [0.2, 0.25) is 0 Å². The van der Waals surface area contributed by atoms with E-state index in [2.05, 4.69) is 21.8 Å². The lowest BCUT2D eigenvalue weighted by Gasteiger charge is -2.40. The smallest absolute Gasteiger partial charge is 0.341 e. The molecule has 2 aromatic heterocycles. The van der Waals surface area contributed by atoms with Gasteiger partial charge in [0.2, 0.25) is 0 Å². The van der Waals surface area contributed by atoms with Crippen molar-refractivity contribution < 1.29 is 19.1 Å².